The molecule has 0 radical (unpaired) electrons. The zero-order chi connectivity index (χ0) is 25.4. The van der Waals surface area contributed by atoms with Crippen LogP contribution in [-0.2, 0) is 17.6 Å². The predicted octanol–water partition coefficient (Wildman–Crippen LogP) is 6.06. The fourth-order valence-electron chi connectivity index (χ4n) is 3.96. The number of benzene rings is 2. The van der Waals surface area contributed by atoms with Crippen LogP contribution in [0.5, 0.6) is 5.75 Å². The van der Waals surface area contributed by atoms with Crippen LogP contribution in [0.3, 0.4) is 0 Å². The van der Waals surface area contributed by atoms with Gasteiger partial charge in [0.2, 0.25) is 0 Å². The summed E-state index contributed by atoms with van der Waals surface area (Å²) in [6.07, 6.45) is 4.24. The third kappa shape index (κ3) is 5.12. The summed E-state index contributed by atoms with van der Waals surface area (Å²) in [6, 6.07) is 10.3. The molecule has 36 heavy (non-hydrogen) atoms. The Labute approximate surface area is 235 Å². The molecule has 2 heterocycles. The number of halogens is 3. The van der Waals surface area contributed by atoms with Gasteiger partial charge in [-0.2, -0.15) is 5.10 Å². The van der Waals surface area contributed by atoms with E-state index in [-0.39, 0.29) is 23.0 Å². The number of aromatic hydroxyl groups is 1. The van der Waals surface area contributed by atoms with E-state index in [1.54, 1.807) is 52.3 Å². The van der Waals surface area contributed by atoms with Crippen molar-refractivity contribution >= 4 is 88.9 Å². The van der Waals surface area contributed by atoms with Gasteiger partial charge in [0.15, 0.2) is 5.16 Å². The van der Waals surface area contributed by atoms with Crippen LogP contribution >= 0.6 is 66.6 Å². The molecule has 0 atom stereocenters. The summed E-state index contributed by atoms with van der Waals surface area (Å²) >= 11 is 15.4. The minimum absolute atomic E-state index is 0.0118. The average Bonchev–Trinajstić information content (AvgIpc) is 3.43. The van der Waals surface area contributed by atoms with Crippen molar-refractivity contribution in [2.45, 2.75) is 24.4 Å². The molecule has 0 saturated carbocycles. The highest BCUT2D eigenvalue weighted by atomic mass is 79.9. The van der Waals surface area contributed by atoms with Gasteiger partial charge in [0.1, 0.15) is 10.6 Å². The summed E-state index contributed by atoms with van der Waals surface area (Å²) < 4.78 is 2.79. The number of phenolic OH excluding ortho intramolecular Hbond substituents is 1. The molecule has 2 aromatic heterocycles. The third-order valence-corrected chi connectivity index (χ3v) is 9.01. The maximum Gasteiger partial charge on any atom is 0.267 e. The van der Waals surface area contributed by atoms with Crippen molar-refractivity contribution in [3.05, 3.63) is 76.7 Å². The number of aryl methyl sites for hydroxylation is 2. The summed E-state index contributed by atoms with van der Waals surface area (Å²) in [5, 5.41) is 15.7. The van der Waals surface area contributed by atoms with Crippen LogP contribution in [0.2, 0.25) is 5.02 Å². The van der Waals surface area contributed by atoms with Gasteiger partial charge in [-0.3, -0.25) is 14.2 Å². The van der Waals surface area contributed by atoms with Crippen molar-refractivity contribution in [2.24, 2.45) is 5.10 Å². The Hall–Kier alpha value is -2.18. The zero-order valence-corrected chi connectivity index (χ0v) is 24.0. The Kier molecular flexibility index (Phi) is 7.55. The molecule has 7 nitrogen and oxygen atoms in total. The standard InChI is InChI=1S/C24H17Br2ClN4O3S2/c25-13-8-12(21(33)17(26)9-13)10-28-30-19(32)11-35-24-29-22-20(16-2-1-3-18(16)36-22)23(34)31(24)15-6-4-14(27)5-7-15/h4-10,33H,1-3,11H2,(H,30,32). The maximum absolute atomic E-state index is 13.6. The van der Waals surface area contributed by atoms with E-state index in [1.165, 1.54) is 11.1 Å². The molecule has 2 N–H and O–H groups in total. The molecule has 0 fully saturated rings. The Morgan fingerprint density at radius 1 is 1.28 bits per heavy atom. The number of hydrazone groups is 1. The monoisotopic (exact) mass is 666 g/mol. The van der Waals surface area contributed by atoms with Crippen LogP contribution < -0.4 is 11.0 Å². The largest absolute Gasteiger partial charge is 0.506 e. The molecule has 2 aromatic carbocycles. The van der Waals surface area contributed by atoms with Crippen LogP contribution in [0.4, 0.5) is 0 Å². The fourth-order valence-corrected chi connectivity index (χ4v) is 7.45. The first-order valence-electron chi connectivity index (χ1n) is 10.8. The van der Waals surface area contributed by atoms with Gasteiger partial charge in [-0.1, -0.05) is 39.3 Å². The van der Waals surface area contributed by atoms with E-state index in [2.05, 4.69) is 42.4 Å². The first kappa shape index (κ1) is 25.5. The van der Waals surface area contributed by atoms with Crippen molar-refractivity contribution < 1.29 is 9.90 Å². The fraction of sp³-hybridized carbons (Fsp3) is 0.167. The molecule has 5 rings (SSSR count). The minimum atomic E-state index is -0.379. The highest BCUT2D eigenvalue weighted by Crippen LogP contribution is 2.36. The Morgan fingerprint density at radius 3 is 2.83 bits per heavy atom. The van der Waals surface area contributed by atoms with Crippen molar-refractivity contribution in [1.82, 2.24) is 15.0 Å². The second-order valence-corrected chi connectivity index (χ2v) is 12.2. The van der Waals surface area contributed by atoms with E-state index in [4.69, 9.17) is 16.6 Å². The Balaban J connectivity index is 1.40. The third-order valence-electron chi connectivity index (χ3n) is 5.58. The van der Waals surface area contributed by atoms with Crippen molar-refractivity contribution in [3.8, 4) is 11.4 Å². The molecule has 0 aliphatic heterocycles. The van der Waals surface area contributed by atoms with Crippen molar-refractivity contribution in [1.29, 1.82) is 0 Å². The lowest BCUT2D eigenvalue weighted by atomic mass is 10.2. The zero-order valence-electron chi connectivity index (χ0n) is 18.4. The normalized spacial score (nSPS) is 13.0. The van der Waals surface area contributed by atoms with Crippen molar-refractivity contribution in [2.75, 3.05) is 5.75 Å². The summed E-state index contributed by atoms with van der Waals surface area (Å²) in [7, 11) is 0. The molecule has 1 amide bonds. The smallest absolute Gasteiger partial charge is 0.267 e. The van der Waals surface area contributed by atoms with Gasteiger partial charge in [-0.05, 0) is 77.2 Å². The summed E-state index contributed by atoms with van der Waals surface area (Å²) in [5.74, 6) is -0.379. The van der Waals surface area contributed by atoms with Gasteiger partial charge in [-0.25, -0.2) is 10.4 Å². The molecule has 1 aliphatic carbocycles. The van der Waals surface area contributed by atoms with Gasteiger partial charge >= 0.3 is 0 Å². The molecule has 0 unspecified atom stereocenters. The number of nitrogens with one attached hydrogen (secondary N) is 1. The van der Waals surface area contributed by atoms with Crippen LogP contribution in [0.1, 0.15) is 22.4 Å². The van der Waals surface area contributed by atoms with Crippen LogP contribution in [0, 0.1) is 0 Å². The highest BCUT2D eigenvalue weighted by Gasteiger charge is 2.24. The molecular formula is C24H17Br2ClN4O3S2. The lowest BCUT2D eigenvalue weighted by Crippen LogP contribution is -2.24. The van der Waals surface area contributed by atoms with Gasteiger partial charge in [0.25, 0.3) is 11.5 Å². The number of hydrogen-bond acceptors (Lipinski definition) is 7. The van der Waals surface area contributed by atoms with E-state index in [9.17, 15) is 14.7 Å². The van der Waals surface area contributed by atoms with Crippen LogP contribution in [-0.4, -0.2) is 32.5 Å². The van der Waals surface area contributed by atoms with Gasteiger partial charge < -0.3 is 5.11 Å². The molecule has 184 valence electrons. The number of fused-ring (bicyclic) bond motifs is 3. The number of carbonyl (C=O) groups excluding carboxylic acids is 1. The molecule has 0 bridgehead atoms. The Bertz CT molecular complexity index is 1590. The van der Waals surface area contributed by atoms with E-state index in [1.807, 2.05) is 0 Å². The number of phenols is 1. The first-order valence-corrected chi connectivity index (χ1v) is 14.5. The van der Waals surface area contributed by atoms with Crippen LogP contribution in [0.15, 0.2) is 60.4 Å². The van der Waals surface area contributed by atoms with E-state index in [0.29, 0.717) is 36.1 Å². The minimum Gasteiger partial charge on any atom is -0.506 e. The summed E-state index contributed by atoms with van der Waals surface area (Å²) in [4.78, 5) is 32.9. The Morgan fingerprint density at radius 2 is 2.06 bits per heavy atom. The summed E-state index contributed by atoms with van der Waals surface area (Å²) in [5.41, 5.74) is 4.48. The number of rotatable bonds is 6. The average molecular weight is 669 g/mol. The molecular weight excluding hydrogens is 652 g/mol. The molecule has 0 spiro atoms. The number of aromatic nitrogens is 2. The number of amides is 1. The number of thiophene rings is 1. The second kappa shape index (κ2) is 10.7. The SMILES string of the molecule is O=C(CSc1nc2sc3c(c2c(=O)n1-c1ccc(Cl)cc1)CCC3)NN=Cc1cc(Br)cc(Br)c1O. The summed E-state index contributed by atoms with van der Waals surface area (Å²) in [6.45, 7) is 0. The number of thioether (sulfide) groups is 1. The topological polar surface area (TPSA) is 96.6 Å². The number of nitrogens with zero attached hydrogens (tertiary/aromatic N) is 3. The van der Waals surface area contributed by atoms with E-state index < -0.39 is 0 Å². The second-order valence-electron chi connectivity index (χ2n) is 7.96. The molecule has 0 saturated heterocycles. The molecule has 1 aliphatic rings. The lowest BCUT2D eigenvalue weighted by molar-refractivity contribution is -0.118. The molecule has 12 heteroatoms. The number of carbonyl (C=O) groups is 1. The predicted molar refractivity (Wildman–Crippen MR) is 152 cm³/mol. The highest BCUT2D eigenvalue weighted by molar-refractivity contribution is 9.11. The lowest BCUT2D eigenvalue weighted by Gasteiger charge is -2.12. The maximum atomic E-state index is 13.6. The van der Waals surface area contributed by atoms with Gasteiger partial charge in [0, 0.05) is 19.9 Å². The van der Waals surface area contributed by atoms with Crippen LogP contribution in [0.25, 0.3) is 15.9 Å². The van der Waals surface area contributed by atoms with Gasteiger partial charge in [-0.15, -0.1) is 11.3 Å². The van der Waals surface area contributed by atoms with Gasteiger partial charge in [0.05, 0.1) is 27.5 Å². The van der Waals surface area contributed by atoms with E-state index >= 15 is 0 Å². The van der Waals surface area contributed by atoms with E-state index in [0.717, 1.165) is 41.1 Å². The number of hydrogen-bond donors (Lipinski definition) is 2. The first-order chi connectivity index (χ1) is 17.3. The quantitative estimate of drug-likeness (QED) is 0.113. The molecule has 4 aromatic rings. The van der Waals surface area contributed by atoms with Crippen molar-refractivity contribution in [3.63, 3.8) is 0 Å².